The van der Waals surface area contributed by atoms with Gasteiger partial charge in [-0.15, -0.1) is 0 Å². The molecule has 1 N–H and O–H groups in total. The van der Waals surface area contributed by atoms with E-state index in [1.165, 1.54) is 14.2 Å². The Balaban J connectivity index is 2.09. The summed E-state index contributed by atoms with van der Waals surface area (Å²) >= 11 is 11.8. The molecule has 0 aliphatic rings. The lowest BCUT2D eigenvalue weighted by Crippen LogP contribution is -2.20. The molecule has 0 aliphatic heterocycles. The van der Waals surface area contributed by atoms with Crippen LogP contribution in [0.4, 0.5) is 5.69 Å². The molecule has 7 heteroatoms. The summed E-state index contributed by atoms with van der Waals surface area (Å²) < 4.78 is 16.1. The Morgan fingerprint density at radius 3 is 2.04 bits per heavy atom. The lowest BCUT2D eigenvalue weighted by molar-refractivity contribution is -0.118. The summed E-state index contributed by atoms with van der Waals surface area (Å²) in [6.07, 6.45) is 0. The number of rotatable bonds is 6. The smallest absolute Gasteiger partial charge is 0.262 e. The highest BCUT2D eigenvalue weighted by Crippen LogP contribution is 2.38. The summed E-state index contributed by atoms with van der Waals surface area (Å²) in [7, 11) is 3.05. The van der Waals surface area contributed by atoms with Gasteiger partial charge < -0.3 is 19.5 Å². The van der Waals surface area contributed by atoms with Gasteiger partial charge in [0.1, 0.15) is 0 Å². The van der Waals surface area contributed by atoms with Crippen LogP contribution in [0.25, 0.3) is 0 Å². The number of halogens is 2. The molecular weight excluding hydrogens is 353 g/mol. The Kier molecular flexibility index (Phi) is 6.17. The van der Waals surface area contributed by atoms with Crippen LogP contribution in [0, 0.1) is 6.92 Å². The Morgan fingerprint density at radius 2 is 1.54 bits per heavy atom. The van der Waals surface area contributed by atoms with E-state index in [9.17, 15) is 4.79 Å². The first-order valence-corrected chi connectivity index (χ1v) is 7.80. The fourth-order valence-electron chi connectivity index (χ4n) is 2.11. The predicted molar refractivity (Wildman–Crippen MR) is 94.9 cm³/mol. The minimum Gasteiger partial charge on any atom is -0.493 e. The van der Waals surface area contributed by atoms with Crippen molar-refractivity contribution in [3.63, 3.8) is 0 Å². The average Bonchev–Trinajstić information content (AvgIpc) is 2.51. The van der Waals surface area contributed by atoms with Crippen molar-refractivity contribution < 1.29 is 19.0 Å². The molecule has 2 aromatic carbocycles. The second-order valence-corrected chi connectivity index (χ2v) is 5.87. The second-order valence-electron chi connectivity index (χ2n) is 4.99. The predicted octanol–water partition coefficient (Wildman–Crippen LogP) is 4.34. The van der Waals surface area contributed by atoms with Crippen molar-refractivity contribution in [3.8, 4) is 17.2 Å². The van der Waals surface area contributed by atoms with Crippen LogP contribution in [0.5, 0.6) is 17.2 Å². The molecule has 5 nitrogen and oxygen atoms in total. The Morgan fingerprint density at radius 1 is 1.00 bits per heavy atom. The van der Waals surface area contributed by atoms with Crippen molar-refractivity contribution in [3.05, 3.63) is 45.9 Å². The molecule has 0 heterocycles. The molecule has 0 atom stereocenters. The molecule has 0 unspecified atom stereocenters. The van der Waals surface area contributed by atoms with Crippen LogP contribution in [0.1, 0.15) is 5.56 Å². The summed E-state index contributed by atoms with van der Waals surface area (Å²) in [5, 5.41) is 3.53. The van der Waals surface area contributed by atoms with Crippen LogP contribution in [-0.2, 0) is 4.79 Å². The van der Waals surface area contributed by atoms with E-state index in [0.717, 1.165) is 5.56 Å². The average molecular weight is 370 g/mol. The van der Waals surface area contributed by atoms with Gasteiger partial charge in [-0.25, -0.2) is 0 Å². The molecule has 0 aliphatic carbocycles. The first-order valence-electron chi connectivity index (χ1n) is 7.04. The molecular formula is C17H17Cl2NO4. The van der Waals surface area contributed by atoms with E-state index in [-0.39, 0.29) is 12.5 Å². The molecule has 2 rings (SSSR count). The highest BCUT2D eigenvalue weighted by Gasteiger charge is 2.15. The van der Waals surface area contributed by atoms with Crippen molar-refractivity contribution in [2.75, 3.05) is 26.1 Å². The molecule has 24 heavy (non-hydrogen) atoms. The largest absolute Gasteiger partial charge is 0.493 e. The minimum absolute atomic E-state index is 0.222. The number of carbonyl (C=O) groups is 1. The molecule has 128 valence electrons. The normalized spacial score (nSPS) is 10.2. The lowest BCUT2D eigenvalue weighted by atomic mass is 10.2. The molecule has 0 spiro atoms. The van der Waals surface area contributed by atoms with E-state index in [2.05, 4.69) is 5.32 Å². The van der Waals surface area contributed by atoms with Crippen molar-refractivity contribution >= 4 is 34.8 Å². The quantitative estimate of drug-likeness (QED) is 0.822. The van der Waals surface area contributed by atoms with E-state index < -0.39 is 0 Å². The second kappa shape index (κ2) is 8.13. The van der Waals surface area contributed by atoms with Gasteiger partial charge in [0.15, 0.2) is 18.1 Å². The van der Waals surface area contributed by atoms with Crippen molar-refractivity contribution in [2.45, 2.75) is 6.92 Å². The molecule has 0 radical (unpaired) electrons. The van der Waals surface area contributed by atoms with Crippen LogP contribution < -0.4 is 19.5 Å². The van der Waals surface area contributed by atoms with Crippen LogP contribution in [0.3, 0.4) is 0 Å². The van der Waals surface area contributed by atoms with E-state index in [1.54, 1.807) is 30.3 Å². The summed E-state index contributed by atoms with van der Waals surface area (Å²) in [6, 6.07) is 8.37. The van der Waals surface area contributed by atoms with Crippen LogP contribution >= 0.6 is 23.2 Å². The molecule has 1 amide bonds. The van der Waals surface area contributed by atoms with E-state index in [1.807, 2.05) is 6.92 Å². The Bertz CT molecular complexity index is 704. The molecule has 0 aromatic heterocycles. The van der Waals surface area contributed by atoms with Crippen LogP contribution in [0.2, 0.25) is 10.0 Å². The van der Waals surface area contributed by atoms with Gasteiger partial charge in [-0.2, -0.15) is 0 Å². The number of aryl methyl sites for hydroxylation is 1. The van der Waals surface area contributed by atoms with Gasteiger partial charge in [0.05, 0.1) is 14.2 Å². The van der Waals surface area contributed by atoms with Gasteiger partial charge in [0.2, 0.25) is 5.75 Å². The monoisotopic (exact) mass is 369 g/mol. The van der Waals surface area contributed by atoms with Gasteiger partial charge in [-0.3, -0.25) is 4.79 Å². The molecule has 0 fully saturated rings. The van der Waals surface area contributed by atoms with Crippen molar-refractivity contribution in [1.82, 2.24) is 0 Å². The topological polar surface area (TPSA) is 56.8 Å². The third kappa shape index (κ3) is 4.69. The molecule has 0 saturated heterocycles. The SMILES string of the molecule is COc1cc(C)cc(OC)c1OCC(=O)Nc1cc(Cl)cc(Cl)c1. The fourth-order valence-corrected chi connectivity index (χ4v) is 2.64. The van der Waals surface area contributed by atoms with Crippen molar-refractivity contribution in [1.29, 1.82) is 0 Å². The van der Waals surface area contributed by atoms with E-state index >= 15 is 0 Å². The number of anilines is 1. The van der Waals surface area contributed by atoms with E-state index in [0.29, 0.717) is 33.0 Å². The maximum absolute atomic E-state index is 12.1. The zero-order valence-electron chi connectivity index (χ0n) is 13.5. The number of amides is 1. The van der Waals surface area contributed by atoms with Gasteiger partial charge in [-0.1, -0.05) is 23.2 Å². The Labute approximate surface area is 150 Å². The third-order valence-electron chi connectivity index (χ3n) is 3.10. The van der Waals surface area contributed by atoms with Crippen LogP contribution in [0.15, 0.2) is 30.3 Å². The number of benzene rings is 2. The lowest BCUT2D eigenvalue weighted by Gasteiger charge is -2.15. The van der Waals surface area contributed by atoms with Gasteiger partial charge >= 0.3 is 0 Å². The van der Waals surface area contributed by atoms with Gasteiger partial charge in [-0.05, 0) is 42.8 Å². The van der Waals surface area contributed by atoms with E-state index in [4.69, 9.17) is 37.4 Å². The summed E-state index contributed by atoms with van der Waals surface area (Å²) in [5.41, 5.74) is 1.44. The molecule has 0 bridgehead atoms. The number of carbonyl (C=O) groups excluding carboxylic acids is 1. The summed E-state index contributed by atoms with van der Waals surface area (Å²) in [5.74, 6) is 0.985. The first kappa shape index (κ1) is 18.2. The number of methoxy groups -OCH3 is 2. The number of ether oxygens (including phenoxy) is 3. The first-order chi connectivity index (χ1) is 11.4. The van der Waals surface area contributed by atoms with Crippen LogP contribution in [-0.4, -0.2) is 26.7 Å². The number of hydrogen-bond donors (Lipinski definition) is 1. The van der Waals surface area contributed by atoms with Gasteiger partial charge in [0, 0.05) is 15.7 Å². The third-order valence-corrected chi connectivity index (χ3v) is 3.54. The zero-order chi connectivity index (χ0) is 17.7. The molecule has 2 aromatic rings. The Hall–Kier alpha value is -2.11. The number of hydrogen-bond acceptors (Lipinski definition) is 4. The number of nitrogens with one attached hydrogen (secondary N) is 1. The minimum atomic E-state index is -0.363. The standard InChI is InChI=1S/C17H17Cl2NO4/c1-10-4-14(22-2)17(15(5-10)23-3)24-9-16(21)20-13-7-11(18)6-12(19)8-13/h4-8H,9H2,1-3H3,(H,20,21). The fraction of sp³-hybridized carbons (Fsp3) is 0.235. The maximum atomic E-state index is 12.1. The summed E-state index contributed by atoms with van der Waals surface area (Å²) in [4.78, 5) is 12.1. The van der Waals surface area contributed by atoms with Crippen molar-refractivity contribution in [2.24, 2.45) is 0 Å². The molecule has 0 saturated carbocycles. The maximum Gasteiger partial charge on any atom is 0.262 e. The highest BCUT2D eigenvalue weighted by molar-refractivity contribution is 6.35. The highest BCUT2D eigenvalue weighted by atomic mass is 35.5. The van der Waals surface area contributed by atoms with Gasteiger partial charge in [0.25, 0.3) is 5.91 Å². The summed E-state index contributed by atoms with van der Waals surface area (Å²) in [6.45, 7) is 1.68. The zero-order valence-corrected chi connectivity index (χ0v) is 15.0.